The van der Waals surface area contributed by atoms with Gasteiger partial charge in [0.1, 0.15) is 5.82 Å². The van der Waals surface area contributed by atoms with E-state index in [0.29, 0.717) is 16.3 Å². The Labute approximate surface area is 155 Å². The predicted octanol–water partition coefficient (Wildman–Crippen LogP) is 5.56. The second-order valence-corrected chi connectivity index (χ2v) is 6.14. The highest BCUT2D eigenvalue weighted by Crippen LogP contribution is 2.33. The summed E-state index contributed by atoms with van der Waals surface area (Å²) in [7, 11) is 0. The molecule has 9 heteroatoms. The van der Waals surface area contributed by atoms with Gasteiger partial charge in [0, 0.05) is 22.5 Å². The first kappa shape index (κ1) is 18.3. The third kappa shape index (κ3) is 3.54. The lowest BCUT2D eigenvalue weighted by Crippen LogP contribution is -2.05. The summed E-state index contributed by atoms with van der Waals surface area (Å²) in [5, 5.41) is 9.81. The molecule has 0 bridgehead atoms. The lowest BCUT2D eigenvalue weighted by atomic mass is 10.1. The fourth-order valence-corrected chi connectivity index (χ4v) is 2.84. The Morgan fingerprint density at radius 2 is 1.73 bits per heavy atom. The molecule has 2 aromatic carbocycles. The van der Waals surface area contributed by atoms with E-state index in [0.717, 1.165) is 12.1 Å². The van der Waals surface area contributed by atoms with Gasteiger partial charge in [-0.1, -0.05) is 23.2 Å². The number of hydrogen-bond donors (Lipinski definition) is 1. The molecule has 0 aliphatic rings. The van der Waals surface area contributed by atoms with Crippen molar-refractivity contribution in [2.75, 3.05) is 0 Å². The van der Waals surface area contributed by atoms with Gasteiger partial charge in [-0.2, -0.15) is 13.2 Å². The van der Waals surface area contributed by atoms with Crippen molar-refractivity contribution in [2.45, 2.75) is 6.18 Å². The fraction of sp³-hybridized carbons (Fsp3) is 0.0588. The Bertz CT molecular complexity index is 983. The molecule has 0 amide bonds. The summed E-state index contributed by atoms with van der Waals surface area (Å²) in [6.07, 6.45) is -3.26. The molecular formula is C17H9Cl2F3N2O2. The van der Waals surface area contributed by atoms with Gasteiger partial charge in [0.25, 0.3) is 0 Å². The van der Waals surface area contributed by atoms with E-state index >= 15 is 0 Å². The molecule has 4 nitrogen and oxygen atoms in total. The molecule has 0 aliphatic heterocycles. The van der Waals surface area contributed by atoms with E-state index in [1.54, 1.807) is 12.1 Å². The Kier molecular flexibility index (Phi) is 4.68. The molecule has 1 heterocycles. The van der Waals surface area contributed by atoms with Gasteiger partial charge in [-0.05, 0) is 42.5 Å². The zero-order chi connectivity index (χ0) is 19.1. The fourth-order valence-electron chi connectivity index (χ4n) is 2.35. The van der Waals surface area contributed by atoms with Crippen molar-refractivity contribution in [3.63, 3.8) is 0 Å². The Morgan fingerprint density at radius 3 is 2.27 bits per heavy atom. The molecule has 0 saturated carbocycles. The van der Waals surface area contributed by atoms with E-state index in [1.807, 2.05) is 0 Å². The number of halogens is 5. The van der Waals surface area contributed by atoms with Crippen molar-refractivity contribution in [1.29, 1.82) is 0 Å². The summed E-state index contributed by atoms with van der Waals surface area (Å²) in [5.41, 5.74) is -0.390. The quantitative estimate of drug-likeness (QED) is 0.625. The van der Waals surface area contributed by atoms with Crippen molar-refractivity contribution in [3.05, 3.63) is 70.0 Å². The van der Waals surface area contributed by atoms with Gasteiger partial charge < -0.3 is 5.11 Å². The highest BCUT2D eigenvalue weighted by molar-refractivity contribution is 6.36. The summed E-state index contributed by atoms with van der Waals surface area (Å²) in [6, 6.07) is 8.83. The molecule has 3 rings (SSSR count). The van der Waals surface area contributed by atoms with Crippen molar-refractivity contribution in [2.24, 2.45) is 0 Å². The third-order valence-electron chi connectivity index (χ3n) is 3.57. The Hall–Kier alpha value is -2.51. The molecular weight excluding hydrogens is 392 g/mol. The van der Waals surface area contributed by atoms with Crippen LogP contribution in [0.1, 0.15) is 16.1 Å². The summed E-state index contributed by atoms with van der Waals surface area (Å²) >= 11 is 12.0. The second-order valence-electron chi connectivity index (χ2n) is 5.29. The Balaban J connectivity index is 2.16. The molecule has 134 valence electrons. The first-order valence-corrected chi connectivity index (χ1v) is 7.88. The average Bonchev–Trinajstić information content (AvgIpc) is 2.99. The van der Waals surface area contributed by atoms with E-state index in [4.69, 9.17) is 23.2 Å². The van der Waals surface area contributed by atoms with E-state index in [1.165, 1.54) is 29.0 Å². The van der Waals surface area contributed by atoms with Crippen molar-refractivity contribution in [3.8, 4) is 17.1 Å². The van der Waals surface area contributed by atoms with Crippen LogP contribution < -0.4 is 0 Å². The second kappa shape index (κ2) is 6.66. The van der Waals surface area contributed by atoms with Gasteiger partial charge in [-0.3, -0.25) is 4.57 Å². The molecule has 1 N–H and O–H groups in total. The number of aromatic nitrogens is 2. The molecule has 0 atom stereocenters. The maximum absolute atomic E-state index is 12.7. The van der Waals surface area contributed by atoms with Gasteiger partial charge in [-0.15, -0.1) is 0 Å². The van der Waals surface area contributed by atoms with Crippen LogP contribution in [0.15, 0.2) is 48.7 Å². The van der Waals surface area contributed by atoms with E-state index in [9.17, 15) is 23.1 Å². The molecule has 26 heavy (non-hydrogen) atoms. The number of alkyl halides is 3. The number of carboxylic acids is 1. The predicted molar refractivity (Wildman–Crippen MR) is 91.0 cm³/mol. The molecule has 0 fully saturated rings. The van der Waals surface area contributed by atoms with Crippen LogP contribution in [0.2, 0.25) is 10.0 Å². The van der Waals surface area contributed by atoms with Crippen LogP contribution in [-0.2, 0) is 6.18 Å². The molecule has 3 aromatic rings. The summed E-state index contributed by atoms with van der Waals surface area (Å²) in [6.45, 7) is 0. The van der Waals surface area contributed by atoms with E-state index < -0.39 is 17.7 Å². The topological polar surface area (TPSA) is 55.1 Å². The van der Waals surface area contributed by atoms with Crippen molar-refractivity contribution >= 4 is 29.2 Å². The first-order chi connectivity index (χ1) is 12.2. The van der Waals surface area contributed by atoms with E-state index in [-0.39, 0.29) is 16.5 Å². The monoisotopic (exact) mass is 400 g/mol. The number of nitrogens with zero attached hydrogens (tertiary/aromatic N) is 2. The number of carboxylic acid groups (broad SMARTS) is 1. The maximum Gasteiger partial charge on any atom is 0.416 e. The van der Waals surface area contributed by atoms with Crippen molar-refractivity contribution < 1.29 is 23.1 Å². The molecule has 0 radical (unpaired) electrons. The van der Waals surface area contributed by atoms with Gasteiger partial charge >= 0.3 is 12.1 Å². The minimum absolute atomic E-state index is 0.170. The largest absolute Gasteiger partial charge is 0.476 e. The highest BCUT2D eigenvalue weighted by atomic mass is 35.5. The average molecular weight is 401 g/mol. The van der Waals surface area contributed by atoms with Crippen LogP contribution in [-0.4, -0.2) is 20.6 Å². The number of rotatable bonds is 3. The number of imidazole rings is 1. The molecule has 0 spiro atoms. The number of hydrogen-bond acceptors (Lipinski definition) is 2. The van der Waals surface area contributed by atoms with Crippen LogP contribution >= 0.6 is 23.2 Å². The lowest BCUT2D eigenvalue weighted by molar-refractivity contribution is -0.137. The standard InChI is InChI=1S/C17H9Cl2F3N2O2/c18-10-3-6-12(13(19)7-10)15-23-14(16(25)26)8-24(15)11-4-1-9(2-5-11)17(20,21)22/h1-8H,(H,25,26). The highest BCUT2D eigenvalue weighted by Gasteiger charge is 2.30. The number of benzene rings is 2. The van der Waals surface area contributed by atoms with Crippen molar-refractivity contribution in [1.82, 2.24) is 9.55 Å². The SMILES string of the molecule is O=C(O)c1cn(-c2ccc(C(F)(F)F)cc2)c(-c2ccc(Cl)cc2Cl)n1. The lowest BCUT2D eigenvalue weighted by Gasteiger charge is -2.11. The van der Waals surface area contributed by atoms with Crippen LogP contribution in [0.25, 0.3) is 17.1 Å². The smallest absolute Gasteiger partial charge is 0.416 e. The summed E-state index contributed by atoms with van der Waals surface area (Å²) in [5.74, 6) is -1.11. The minimum atomic E-state index is -4.47. The zero-order valence-corrected chi connectivity index (χ0v) is 14.3. The van der Waals surface area contributed by atoms with Crippen LogP contribution in [0.4, 0.5) is 13.2 Å². The zero-order valence-electron chi connectivity index (χ0n) is 12.8. The minimum Gasteiger partial charge on any atom is -0.476 e. The first-order valence-electron chi connectivity index (χ1n) is 7.12. The number of aromatic carboxylic acids is 1. The van der Waals surface area contributed by atoms with Crippen LogP contribution in [0, 0.1) is 0 Å². The van der Waals surface area contributed by atoms with Gasteiger partial charge in [-0.25, -0.2) is 9.78 Å². The van der Waals surface area contributed by atoms with E-state index in [2.05, 4.69) is 4.98 Å². The molecule has 0 unspecified atom stereocenters. The third-order valence-corrected chi connectivity index (χ3v) is 4.12. The maximum atomic E-state index is 12.7. The van der Waals surface area contributed by atoms with Gasteiger partial charge in [0.15, 0.2) is 5.69 Å². The number of carbonyl (C=O) groups is 1. The summed E-state index contributed by atoms with van der Waals surface area (Å²) < 4.78 is 39.6. The van der Waals surface area contributed by atoms with Gasteiger partial charge in [0.2, 0.25) is 0 Å². The van der Waals surface area contributed by atoms with Crippen LogP contribution in [0.3, 0.4) is 0 Å². The van der Waals surface area contributed by atoms with Gasteiger partial charge in [0.05, 0.1) is 10.6 Å². The summed E-state index contributed by atoms with van der Waals surface area (Å²) in [4.78, 5) is 15.3. The Morgan fingerprint density at radius 1 is 1.08 bits per heavy atom. The van der Waals surface area contributed by atoms with Crippen LogP contribution in [0.5, 0.6) is 0 Å². The molecule has 1 aromatic heterocycles. The normalized spacial score (nSPS) is 11.6. The molecule has 0 saturated heterocycles. The molecule has 0 aliphatic carbocycles.